The average molecular weight is 574 g/mol. The molecule has 1 atom stereocenters. The summed E-state index contributed by atoms with van der Waals surface area (Å²) in [6, 6.07) is 7.75. The van der Waals surface area contributed by atoms with E-state index in [1.165, 1.54) is 6.07 Å². The molecule has 0 bridgehead atoms. The Hall–Kier alpha value is -3.87. The second-order valence-corrected chi connectivity index (χ2v) is 9.83. The maximum atomic E-state index is 13.2. The van der Waals surface area contributed by atoms with E-state index < -0.39 is 18.5 Å². The standard InChI is InChI=1S/C27H27ClF3N7O2/c1-16-23-8-18(20-9-25(32-10-21(20)28)35-26-6-7-33-36(26)2)11-37(23)13-19(15-40-3)38(16)12-17-4-5-24(27(29,30)31)34-22(17)14-39/h4-11,19,39H,1,12-15H2,2-3H3,(H,32,35). The molecule has 0 fully saturated rings. The molecule has 0 aliphatic carbocycles. The van der Waals surface area contributed by atoms with Gasteiger partial charge < -0.3 is 24.6 Å². The van der Waals surface area contributed by atoms with Crippen LogP contribution in [0.2, 0.25) is 5.02 Å². The van der Waals surface area contributed by atoms with Gasteiger partial charge in [-0.1, -0.05) is 24.2 Å². The molecule has 0 saturated carbocycles. The Balaban J connectivity index is 1.46. The number of anilines is 2. The Labute approximate surface area is 233 Å². The molecule has 1 aliphatic heterocycles. The van der Waals surface area contributed by atoms with Gasteiger partial charge in [0, 0.05) is 56.8 Å². The van der Waals surface area contributed by atoms with Crippen LogP contribution >= 0.6 is 11.6 Å². The summed E-state index contributed by atoms with van der Waals surface area (Å²) in [5.41, 5.74) is 2.49. The van der Waals surface area contributed by atoms with E-state index in [-0.39, 0.29) is 18.3 Å². The van der Waals surface area contributed by atoms with E-state index in [9.17, 15) is 18.3 Å². The van der Waals surface area contributed by atoms with Gasteiger partial charge in [0.2, 0.25) is 0 Å². The van der Waals surface area contributed by atoms with Gasteiger partial charge in [-0.3, -0.25) is 4.68 Å². The highest BCUT2D eigenvalue weighted by Gasteiger charge is 2.34. The number of nitrogens with one attached hydrogen (secondary N) is 1. The van der Waals surface area contributed by atoms with Crippen molar-refractivity contribution in [2.75, 3.05) is 19.0 Å². The summed E-state index contributed by atoms with van der Waals surface area (Å²) < 4.78 is 48.8. The molecule has 1 unspecified atom stereocenters. The lowest BCUT2D eigenvalue weighted by Gasteiger charge is -2.40. The smallest absolute Gasteiger partial charge is 0.390 e. The van der Waals surface area contributed by atoms with Crippen molar-refractivity contribution in [2.24, 2.45) is 7.05 Å². The molecule has 9 nitrogen and oxygen atoms in total. The van der Waals surface area contributed by atoms with Gasteiger partial charge >= 0.3 is 6.18 Å². The van der Waals surface area contributed by atoms with Crippen molar-refractivity contribution in [1.82, 2.24) is 29.2 Å². The van der Waals surface area contributed by atoms with E-state index in [0.717, 1.165) is 28.7 Å². The Morgan fingerprint density at radius 3 is 2.73 bits per heavy atom. The van der Waals surface area contributed by atoms with Crippen LogP contribution in [-0.2, 0) is 37.7 Å². The maximum absolute atomic E-state index is 13.2. The molecule has 0 spiro atoms. The fourth-order valence-corrected chi connectivity index (χ4v) is 5.03. The zero-order valence-electron chi connectivity index (χ0n) is 21.8. The van der Waals surface area contributed by atoms with Gasteiger partial charge in [-0.05, 0) is 23.8 Å². The summed E-state index contributed by atoms with van der Waals surface area (Å²) in [5.74, 6) is 1.36. The molecular weight excluding hydrogens is 547 g/mol. The van der Waals surface area contributed by atoms with E-state index in [2.05, 4.69) is 31.5 Å². The van der Waals surface area contributed by atoms with Crippen LogP contribution in [-0.4, -0.2) is 54.1 Å². The molecule has 0 radical (unpaired) electrons. The highest BCUT2D eigenvalue weighted by Crippen LogP contribution is 2.37. The fraction of sp³-hybridized carbons (Fsp3) is 0.296. The summed E-state index contributed by atoms with van der Waals surface area (Å²) in [6.45, 7) is 4.77. The minimum atomic E-state index is -4.60. The van der Waals surface area contributed by atoms with Crippen molar-refractivity contribution in [3.8, 4) is 11.1 Å². The Morgan fingerprint density at radius 1 is 1.25 bits per heavy atom. The van der Waals surface area contributed by atoms with Gasteiger partial charge in [0.05, 0.1) is 47.6 Å². The van der Waals surface area contributed by atoms with Gasteiger partial charge in [0.1, 0.15) is 17.3 Å². The molecule has 2 N–H and O–H groups in total. The number of nitrogens with zero attached hydrogens (tertiary/aromatic N) is 6. The summed E-state index contributed by atoms with van der Waals surface area (Å²) >= 11 is 6.56. The van der Waals surface area contributed by atoms with E-state index in [0.29, 0.717) is 35.3 Å². The number of aromatic nitrogens is 5. The largest absolute Gasteiger partial charge is 0.433 e. The molecule has 5 rings (SSSR count). The number of hydrogen-bond acceptors (Lipinski definition) is 7. The van der Waals surface area contributed by atoms with E-state index >= 15 is 0 Å². The van der Waals surface area contributed by atoms with Crippen molar-refractivity contribution >= 4 is 28.9 Å². The lowest BCUT2D eigenvalue weighted by atomic mass is 10.1. The van der Waals surface area contributed by atoms with Crippen LogP contribution in [0.5, 0.6) is 0 Å². The van der Waals surface area contributed by atoms with Gasteiger partial charge in [-0.15, -0.1) is 0 Å². The summed E-state index contributed by atoms with van der Waals surface area (Å²) in [5, 5.41) is 17.6. The lowest BCUT2D eigenvalue weighted by Crippen LogP contribution is -2.43. The summed E-state index contributed by atoms with van der Waals surface area (Å²) in [6.07, 6.45) is 0.636. The predicted octanol–water partition coefficient (Wildman–Crippen LogP) is 5.09. The second kappa shape index (κ2) is 11.0. The molecule has 4 aromatic rings. The first-order valence-corrected chi connectivity index (χ1v) is 12.7. The van der Waals surface area contributed by atoms with Crippen molar-refractivity contribution < 1.29 is 23.0 Å². The quantitative estimate of drug-likeness (QED) is 0.303. The molecule has 0 amide bonds. The zero-order chi connectivity index (χ0) is 28.6. The van der Waals surface area contributed by atoms with E-state index in [1.807, 2.05) is 36.3 Å². The van der Waals surface area contributed by atoms with Crippen LogP contribution in [0, 0.1) is 0 Å². The summed E-state index contributed by atoms with van der Waals surface area (Å²) in [7, 11) is 3.41. The van der Waals surface area contributed by atoms with Crippen LogP contribution in [0.25, 0.3) is 16.8 Å². The number of alkyl halides is 3. The number of aryl methyl sites for hydroxylation is 1. The highest BCUT2D eigenvalue weighted by atomic mass is 35.5. The molecule has 5 heterocycles. The maximum Gasteiger partial charge on any atom is 0.433 e. The van der Waals surface area contributed by atoms with Gasteiger partial charge in [0.25, 0.3) is 0 Å². The first-order valence-electron chi connectivity index (χ1n) is 12.3. The van der Waals surface area contributed by atoms with Crippen LogP contribution in [0.4, 0.5) is 24.8 Å². The van der Waals surface area contributed by atoms with Crippen LogP contribution in [0.15, 0.2) is 55.5 Å². The predicted molar refractivity (Wildman–Crippen MR) is 145 cm³/mol. The zero-order valence-corrected chi connectivity index (χ0v) is 22.5. The second-order valence-electron chi connectivity index (χ2n) is 9.42. The molecule has 4 aromatic heterocycles. The molecular formula is C27H27ClF3N7O2. The SMILES string of the molecule is C=C1c2cc(-c3cc(Nc4ccnn4C)ncc3Cl)cn2CC(COC)N1Cc1ccc(C(F)(F)F)nc1CO. The number of rotatable bonds is 8. The van der Waals surface area contributed by atoms with Gasteiger partial charge in [0.15, 0.2) is 0 Å². The number of ether oxygens (including phenoxy) is 1. The number of halogens is 4. The number of aliphatic hydroxyl groups is 1. The first kappa shape index (κ1) is 27.7. The molecule has 0 saturated heterocycles. The number of pyridine rings is 2. The Kier molecular flexibility index (Phi) is 7.58. The monoisotopic (exact) mass is 573 g/mol. The molecule has 210 valence electrons. The highest BCUT2D eigenvalue weighted by molar-refractivity contribution is 6.33. The Morgan fingerprint density at radius 2 is 2.05 bits per heavy atom. The number of aliphatic hydroxyl groups excluding tert-OH is 1. The molecule has 0 aromatic carbocycles. The lowest BCUT2D eigenvalue weighted by molar-refractivity contribution is -0.141. The van der Waals surface area contributed by atoms with Gasteiger partial charge in [-0.25, -0.2) is 9.97 Å². The number of hydrogen-bond donors (Lipinski definition) is 2. The van der Waals surface area contributed by atoms with Crippen LogP contribution < -0.4 is 5.32 Å². The molecule has 13 heteroatoms. The van der Waals surface area contributed by atoms with Gasteiger partial charge in [-0.2, -0.15) is 18.3 Å². The molecule has 40 heavy (non-hydrogen) atoms. The Bertz CT molecular complexity index is 1550. The van der Waals surface area contributed by atoms with Crippen molar-refractivity contribution in [3.05, 3.63) is 83.2 Å². The van der Waals surface area contributed by atoms with Crippen molar-refractivity contribution in [3.63, 3.8) is 0 Å². The third-order valence-corrected chi connectivity index (χ3v) is 7.14. The minimum Gasteiger partial charge on any atom is -0.390 e. The van der Waals surface area contributed by atoms with E-state index in [4.69, 9.17) is 16.3 Å². The average Bonchev–Trinajstić information content (AvgIpc) is 3.53. The van der Waals surface area contributed by atoms with Crippen molar-refractivity contribution in [2.45, 2.75) is 31.9 Å². The third kappa shape index (κ3) is 5.42. The van der Waals surface area contributed by atoms with Crippen molar-refractivity contribution in [1.29, 1.82) is 0 Å². The van der Waals surface area contributed by atoms with Crippen LogP contribution in [0.1, 0.15) is 22.6 Å². The number of fused-ring (bicyclic) bond motifs is 1. The van der Waals surface area contributed by atoms with E-state index in [1.54, 1.807) is 24.2 Å². The third-order valence-electron chi connectivity index (χ3n) is 6.84. The summed E-state index contributed by atoms with van der Waals surface area (Å²) in [4.78, 5) is 10.0. The van der Waals surface area contributed by atoms with Crippen LogP contribution in [0.3, 0.4) is 0 Å². The first-order chi connectivity index (χ1) is 19.1. The fourth-order valence-electron chi connectivity index (χ4n) is 4.81. The minimum absolute atomic E-state index is 0.0301. The topological polar surface area (TPSA) is 93.3 Å². The molecule has 1 aliphatic rings. The number of methoxy groups -OCH3 is 1. The normalized spacial score (nSPS) is 15.4.